The molecule has 0 saturated heterocycles. The summed E-state index contributed by atoms with van der Waals surface area (Å²) in [4.78, 5) is 11.2. The molecule has 1 aromatic carbocycles. The fourth-order valence-corrected chi connectivity index (χ4v) is 1.70. The average Bonchev–Trinajstić information content (AvgIpc) is 2.65. The fraction of sp³-hybridized carbons (Fsp3) is 0.300. The van der Waals surface area contributed by atoms with E-state index < -0.39 is 17.5 Å². The van der Waals surface area contributed by atoms with Gasteiger partial charge >= 0.3 is 5.97 Å². The summed E-state index contributed by atoms with van der Waals surface area (Å²) >= 11 is 0. The van der Waals surface area contributed by atoms with Crippen LogP contribution in [0.25, 0.3) is 0 Å². The molecule has 80 valence electrons. The molecule has 1 aliphatic heterocycles. The number of aromatic hydroxyl groups is 1. The molecule has 5 heteroatoms. The minimum absolute atomic E-state index is 0.389. The van der Waals surface area contributed by atoms with E-state index in [1.54, 1.807) is 0 Å². The number of nitrogens with one attached hydrogen (secondary N) is 1. The lowest BCUT2D eigenvalue weighted by Gasteiger charge is -2.08. The number of anilines is 1. The molecule has 0 saturated carbocycles. The second-order valence-corrected chi connectivity index (χ2v) is 3.28. The highest BCUT2D eigenvalue weighted by Gasteiger charge is 2.25. The Hall–Kier alpha value is -1.78. The maximum atomic E-state index is 13.8. The summed E-state index contributed by atoms with van der Waals surface area (Å²) in [7, 11) is 1.15. The third-order valence-electron chi connectivity index (χ3n) is 2.43. The molecular weight excluding hydrogens is 201 g/mol. The van der Waals surface area contributed by atoms with Crippen molar-refractivity contribution in [1.29, 1.82) is 0 Å². The van der Waals surface area contributed by atoms with Crippen molar-refractivity contribution in [3.8, 4) is 5.75 Å². The molecule has 2 rings (SSSR count). The lowest BCUT2D eigenvalue weighted by molar-refractivity contribution is 0.0592. The van der Waals surface area contributed by atoms with Crippen LogP contribution in [-0.2, 0) is 11.2 Å². The van der Waals surface area contributed by atoms with Gasteiger partial charge in [0.25, 0.3) is 0 Å². The second kappa shape index (κ2) is 3.42. The van der Waals surface area contributed by atoms with Crippen LogP contribution in [0.2, 0.25) is 0 Å². The number of fused-ring (bicyclic) bond motifs is 1. The molecule has 0 spiro atoms. The van der Waals surface area contributed by atoms with E-state index in [9.17, 15) is 14.3 Å². The van der Waals surface area contributed by atoms with Crippen molar-refractivity contribution in [3.05, 3.63) is 23.0 Å². The predicted molar refractivity (Wildman–Crippen MR) is 51.6 cm³/mol. The van der Waals surface area contributed by atoms with E-state index in [0.717, 1.165) is 7.11 Å². The minimum atomic E-state index is -0.861. The SMILES string of the molecule is COC(=O)c1c(O)cc2c(c1F)CCN2. The zero-order chi connectivity index (χ0) is 11.0. The highest BCUT2D eigenvalue weighted by Crippen LogP contribution is 2.33. The van der Waals surface area contributed by atoms with Crippen LogP contribution in [0.5, 0.6) is 5.75 Å². The summed E-state index contributed by atoms with van der Waals surface area (Å²) in [6.07, 6.45) is 0.505. The number of ether oxygens (including phenoxy) is 1. The van der Waals surface area contributed by atoms with Crippen LogP contribution < -0.4 is 5.32 Å². The Balaban J connectivity index is 2.61. The number of methoxy groups -OCH3 is 1. The van der Waals surface area contributed by atoms with Gasteiger partial charge in [0.05, 0.1) is 7.11 Å². The molecule has 4 nitrogen and oxygen atoms in total. The van der Waals surface area contributed by atoms with Crippen LogP contribution in [-0.4, -0.2) is 24.7 Å². The Morgan fingerprint density at radius 2 is 2.40 bits per heavy atom. The molecule has 1 aliphatic rings. The molecule has 1 heterocycles. The zero-order valence-corrected chi connectivity index (χ0v) is 8.13. The van der Waals surface area contributed by atoms with Crippen LogP contribution in [0.3, 0.4) is 0 Å². The smallest absolute Gasteiger partial charge is 0.344 e. The highest BCUT2D eigenvalue weighted by molar-refractivity contribution is 5.94. The molecule has 2 N–H and O–H groups in total. The van der Waals surface area contributed by atoms with Crippen LogP contribution >= 0.6 is 0 Å². The van der Waals surface area contributed by atoms with Gasteiger partial charge in [-0.15, -0.1) is 0 Å². The van der Waals surface area contributed by atoms with E-state index in [0.29, 0.717) is 24.2 Å². The highest BCUT2D eigenvalue weighted by atomic mass is 19.1. The van der Waals surface area contributed by atoms with Crippen LogP contribution in [0.1, 0.15) is 15.9 Å². The first-order valence-electron chi connectivity index (χ1n) is 4.51. The van der Waals surface area contributed by atoms with Crippen LogP contribution in [0.4, 0.5) is 10.1 Å². The van der Waals surface area contributed by atoms with E-state index in [1.807, 2.05) is 0 Å². The summed E-state index contributed by atoms with van der Waals surface area (Å²) in [5, 5.41) is 12.4. The standard InChI is InChI=1S/C10H10FNO3/c1-15-10(14)8-7(13)4-6-5(9(8)11)2-3-12-6/h4,12-13H,2-3H2,1H3. The van der Waals surface area contributed by atoms with E-state index >= 15 is 0 Å². The first-order chi connectivity index (χ1) is 7.15. The van der Waals surface area contributed by atoms with Crippen molar-refractivity contribution in [2.45, 2.75) is 6.42 Å². The van der Waals surface area contributed by atoms with Crippen LogP contribution in [0, 0.1) is 5.82 Å². The molecular formula is C10H10FNO3. The predicted octanol–water partition coefficient (Wildman–Crippen LogP) is 1.29. The maximum Gasteiger partial charge on any atom is 0.344 e. The second-order valence-electron chi connectivity index (χ2n) is 3.28. The first kappa shape index (κ1) is 9.76. The number of hydrogen-bond acceptors (Lipinski definition) is 4. The van der Waals surface area contributed by atoms with Gasteiger partial charge in [-0.05, 0) is 6.42 Å². The number of esters is 1. The van der Waals surface area contributed by atoms with Gasteiger partial charge in [-0.2, -0.15) is 0 Å². The lowest BCUT2D eigenvalue weighted by Crippen LogP contribution is -2.06. The number of rotatable bonds is 1. The van der Waals surface area contributed by atoms with Crippen LogP contribution in [0.15, 0.2) is 6.07 Å². The summed E-state index contributed by atoms with van der Waals surface area (Å²) < 4.78 is 18.2. The molecule has 0 unspecified atom stereocenters. The number of phenolic OH excluding ortho intramolecular Hbond substituents is 1. The molecule has 0 aliphatic carbocycles. The Morgan fingerprint density at radius 1 is 1.67 bits per heavy atom. The lowest BCUT2D eigenvalue weighted by atomic mass is 10.1. The van der Waals surface area contributed by atoms with Gasteiger partial charge in [-0.3, -0.25) is 0 Å². The van der Waals surface area contributed by atoms with Crippen molar-refractivity contribution in [2.75, 3.05) is 19.0 Å². The van der Waals surface area contributed by atoms with E-state index in [4.69, 9.17) is 0 Å². The number of hydrogen-bond donors (Lipinski definition) is 2. The molecule has 0 aromatic heterocycles. The summed E-state index contributed by atoms with van der Waals surface area (Å²) in [5.41, 5.74) is 0.575. The molecule has 0 bridgehead atoms. The third-order valence-corrected chi connectivity index (χ3v) is 2.43. The Kier molecular flexibility index (Phi) is 2.22. The van der Waals surface area contributed by atoms with Gasteiger partial charge in [-0.25, -0.2) is 9.18 Å². The number of phenols is 1. The number of carbonyl (C=O) groups excluding carboxylic acids is 1. The van der Waals surface area contributed by atoms with Gasteiger partial charge in [0.15, 0.2) is 0 Å². The van der Waals surface area contributed by atoms with E-state index in [2.05, 4.69) is 10.1 Å². The normalized spacial score (nSPS) is 13.2. The molecule has 0 atom stereocenters. The molecule has 15 heavy (non-hydrogen) atoms. The summed E-state index contributed by atoms with van der Waals surface area (Å²) in [6.45, 7) is 0.607. The van der Waals surface area contributed by atoms with Gasteiger partial charge in [0.2, 0.25) is 0 Å². The van der Waals surface area contributed by atoms with Crippen molar-refractivity contribution >= 4 is 11.7 Å². The minimum Gasteiger partial charge on any atom is -0.507 e. The quantitative estimate of drug-likeness (QED) is 0.687. The van der Waals surface area contributed by atoms with Crippen molar-refractivity contribution in [2.24, 2.45) is 0 Å². The Bertz CT molecular complexity index is 431. The zero-order valence-electron chi connectivity index (χ0n) is 8.13. The molecule has 0 fully saturated rings. The third kappa shape index (κ3) is 1.40. The van der Waals surface area contributed by atoms with Gasteiger partial charge < -0.3 is 15.2 Å². The average molecular weight is 211 g/mol. The van der Waals surface area contributed by atoms with Crippen molar-refractivity contribution in [3.63, 3.8) is 0 Å². The van der Waals surface area contributed by atoms with Gasteiger partial charge in [-0.1, -0.05) is 0 Å². The van der Waals surface area contributed by atoms with E-state index in [-0.39, 0.29) is 5.56 Å². The van der Waals surface area contributed by atoms with Gasteiger partial charge in [0.1, 0.15) is 17.1 Å². The summed E-state index contributed by atoms with van der Waals surface area (Å²) in [6, 6.07) is 1.34. The first-order valence-corrected chi connectivity index (χ1v) is 4.51. The van der Waals surface area contributed by atoms with E-state index in [1.165, 1.54) is 6.07 Å². The molecule has 0 radical (unpaired) electrons. The van der Waals surface area contributed by atoms with Crippen molar-refractivity contribution in [1.82, 2.24) is 0 Å². The monoisotopic (exact) mass is 211 g/mol. The Labute approximate surface area is 85.7 Å². The summed E-state index contributed by atoms with van der Waals surface area (Å²) in [5.74, 6) is -1.95. The molecule has 0 amide bonds. The molecule has 1 aromatic rings. The number of benzene rings is 1. The topological polar surface area (TPSA) is 58.6 Å². The maximum absolute atomic E-state index is 13.8. The fourth-order valence-electron chi connectivity index (χ4n) is 1.70. The number of halogens is 1. The van der Waals surface area contributed by atoms with Gasteiger partial charge in [0, 0.05) is 23.9 Å². The van der Waals surface area contributed by atoms with Crippen molar-refractivity contribution < 1.29 is 19.0 Å². The largest absolute Gasteiger partial charge is 0.507 e. The Morgan fingerprint density at radius 3 is 3.07 bits per heavy atom. The number of carbonyl (C=O) groups is 1.